The lowest BCUT2D eigenvalue weighted by molar-refractivity contribution is -0.123. The SMILES string of the molecule is CN(C(=O)C1CCCCC1)c1ccc2c(c1)nc(CC(=O)c1ccc(Cl)cc1)n2CCc1ccccc1. The van der Waals surface area contributed by atoms with Gasteiger partial charge in [-0.2, -0.15) is 0 Å². The van der Waals surface area contributed by atoms with Crippen molar-refractivity contribution in [2.24, 2.45) is 5.92 Å². The number of anilines is 1. The number of aryl methyl sites for hydroxylation is 2. The zero-order chi connectivity index (χ0) is 25.8. The van der Waals surface area contributed by atoms with Crippen LogP contribution in [0.15, 0.2) is 72.8 Å². The summed E-state index contributed by atoms with van der Waals surface area (Å²) < 4.78 is 2.14. The molecular formula is C31H32ClN3O2. The van der Waals surface area contributed by atoms with Crippen molar-refractivity contribution in [1.82, 2.24) is 9.55 Å². The Morgan fingerprint density at radius 2 is 1.70 bits per heavy atom. The van der Waals surface area contributed by atoms with Gasteiger partial charge in [0.25, 0.3) is 0 Å². The van der Waals surface area contributed by atoms with Crippen LogP contribution in [0, 0.1) is 5.92 Å². The molecular weight excluding hydrogens is 482 g/mol. The number of halogens is 1. The van der Waals surface area contributed by atoms with Crippen molar-refractivity contribution in [3.63, 3.8) is 0 Å². The van der Waals surface area contributed by atoms with Crippen LogP contribution in [0.4, 0.5) is 5.69 Å². The number of imidazole rings is 1. The zero-order valence-corrected chi connectivity index (χ0v) is 22.0. The van der Waals surface area contributed by atoms with Gasteiger partial charge in [0.1, 0.15) is 5.82 Å². The van der Waals surface area contributed by atoms with Gasteiger partial charge in [-0.25, -0.2) is 4.98 Å². The fourth-order valence-electron chi connectivity index (χ4n) is 5.28. The Hall–Kier alpha value is -3.44. The molecule has 0 unspecified atom stereocenters. The Balaban J connectivity index is 1.45. The number of hydrogen-bond acceptors (Lipinski definition) is 3. The Morgan fingerprint density at radius 1 is 0.973 bits per heavy atom. The number of rotatable bonds is 8. The first-order valence-electron chi connectivity index (χ1n) is 13.1. The number of carbonyl (C=O) groups excluding carboxylic acids is 2. The normalized spacial score (nSPS) is 14.1. The molecule has 0 radical (unpaired) electrons. The van der Waals surface area contributed by atoms with E-state index in [1.807, 2.05) is 43.4 Å². The lowest BCUT2D eigenvalue weighted by Gasteiger charge is -2.26. The molecule has 1 aliphatic carbocycles. The van der Waals surface area contributed by atoms with Crippen LogP contribution in [0.5, 0.6) is 0 Å². The Labute approximate surface area is 223 Å². The van der Waals surface area contributed by atoms with Crippen molar-refractivity contribution in [2.75, 3.05) is 11.9 Å². The summed E-state index contributed by atoms with van der Waals surface area (Å²) in [6, 6.07) is 23.3. The smallest absolute Gasteiger partial charge is 0.229 e. The predicted molar refractivity (Wildman–Crippen MR) is 149 cm³/mol. The van der Waals surface area contributed by atoms with E-state index in [0.717, 1.165) is 54.6 Å². The Morgan fingerprint density at radius 3 is 2.43 bits per heavy atom. The van der Waals surface area contributed by atoms with Crippen LogP contribution in [0.3, 0.4) is 0 Å². The molecule has 0 bridgehead atoms. The van der Waals surface area contributed by atoms with Crippen molar-refractivity contribution in [3.05, 3.63) is 94.8 Å². The van der Waals surface area contributed by atoms with E-state index in [2.05, 4.69) is 16.7 Å². The molecule has 0 atom stereocenters. The quantitative estimate of drug-likeness (QED) is 0.241. The molecule has 1 saturated carbocycles. The maximum atomic E-state index is 13.1. The highest BCUT2D eigenvalue weighted by atomic mass is 35.5. The third-order valence-corrected chi connectivity index (χ3v) is 7.69. The van der Waals surface area contributed by atoms with Gasteiger partial charge in [0.05, 0.1) is 17.5 Å². The summed E-state index contributed by atoms with van der Waals surface area (Å²) in [5.74, 6) is 1.01. The number of benzene rings is 3. The topological polar surface area (TPSA) is 55.2 Å². The second kappa shape index (κ2) is 11.3. The fraction of sp³-hybridized carbons (Fsp3) is 0.323. The summed E-state index contributed by atoms with van der Waals surface area (Å²) in [4.78, 5) is 32.9. The van der Waals surface area contributed by atoms with Gasteiger partial charge in [-0.05, 0) is 67.3 Å². The molecule has 1 fully saturated rings. The molecule has 4 aromatic rings. The standard InChI is InChI=1S/C31H32ClN3O2/c1-34(31(37)24-10-6-3-7-11-24)26-16-17-28-27(20-26)33-30(21-29(36)23-12-14-25(32)15-13-23)35(28)19-18-22-8-4-2-5-9-22/h2,4-5,8-9,12-17,20,24H,3,6-7,10-11,18-19,21H2,1H3. The minimum absolute atomic E-state index is 0.00208. The van der Waals surface area contributed by atoms with Crippen molar-refractivity contribution >= 4 is 40.0 Å². The summed E-state index contributed by atoms with van der Waals surface area (Å²) in [5.41, 5.74) is 4.45. The van der Waals surface area contributed by atoms with Gasteiger partial charge in [0, 0.05) is 35.8 Å². The summed E-state index contributed by atoms with van der Waals surface area (Å²) in [5, 5.41) is 0.603. The van der Waals surface area contributed by atoms with Crippen LogP contribution >= 0.6 is 11.6 Å². The van der Waals surface area contributed by atoms with Crippen LogP contribution in [-0.4, -0.2) is 28.3 Å². The molecule has 190 valence electrons. The first-order valence-corrected chi connectivity index (χ1v) is 13.5. The van der Waals surface area contributed by atoms with Crippen LogP contribution in [0.25, 0.3) is 11.0 Å². The molecule has 3 aromatic carbocycles. The van der Waals surface area contributed by atoms with Crippen LogP contribution < -0.4 is 4.90 Å². The van der Waals surface area contributed by atoms with E-state index in [1.165, 1.54) is 12.0 Å². The summed E-state index contributed by atoms with van der Waals surface area (Å²) in [6.45, 7) is 0.708. The number of Topliss-reactive ketones (excluding diaryl/α,β-unsaturated/α-hetero) is 1. The summed E-state index contributed by atoms with van der Waals surface area (Å²) in [7, 11) is 1.86. The Bertz CT molecular complexity index is 1390. The molecule has 1 aliphatic rings. The number of ketones is 1. The second-order valence-electron chi connectivity index (χ2n) is 9.93. The van der Waals surface area contributed by atoms with Crippen molar-refractivity contribution in [3.8, 4) is 0 Å². The summed E-state index contributed by atoms with van der Waals surface area (Å²) >= 11 is 6.01. The van der Waals surface area contributed by atoms with E-state index >= 15 is 0 Å². The third-order valence-electron chi connectivity index (χ3n) is 7.43. The molecule has 1 amide bonds. The van der Waals surface area contributed by atoms with E-state index in [9.17, 15) is 9.59 Å². The first kappa shape index (κ1) is 25.2. The molecule has 6 heteroatoms. The number of nitrogens with zero attached hydrogens (tertiary/aromatic N) is 3. The van der Waals surface area contributed by atoms with E-state index < -0.39 is 0 Å². The highest BCUT2D eigenvalue weighted by molar-refractivity contribution is 6.30. The predicted octanol–water partition coefficient (Wildman–Crippen LogP) is 6.90. The van der Waals surface area contributed by atoms with Gasteiger partial charge < -0.3 is 9.47 Å². The van der Waals surface area contributed by atoms with Crippen LogP contribution in [-0.2, 0) is 24.2 Å². The van der Waals surface area contributed by atoms with E-state index in [1.54, 1.807) is 29.2 Å². The number of hydrogen-bond donors (Lipinski definition) is 0. The van der Waals surface area contributed by atoms with Crippen molar-refractivity contribution in [1.29, 1.82) is 0 Å². The summed E-state index contributed by atoms with van der Waals surface area (Å²) in [6.07, 6.45) is 6.43. The molecule has 0 N–H and O–H groups in total. The van der Waals surface area contributed by atoms with Crippen molar-refractivity contribution < 1.29 is 9.59 Å². The first-order chi connectivity index (χ1) is 18.0. The minimum atomic E-state index is -0.00208. The van der Waals surface area contributed by atoms with Gasteiger partial charge >= 0.3 is 0 Å². The van der Waals surface area contributed by atoms with E-state index in [-0.39, 0.29) is 24.0 Å². The highest BCUT2D eigenvalue weighted by Gasteiger charge is 2.25. The average Bonchev–Trinajstić information content (AvgIpc) is 3.28. The average molecular weight is 514 g/mol. The molecule has 0 saturated heterocycles. The third kappa shape index (κ3) is 5.78. The maximum absolute atomic E-state index is 13.1. The fourth-order valence-corrected chi connectivity index (χ4v) is 5.40. The number of aromatic nitrogens is 2. The van der Waals surface area contributed by atoms with Crippen LogP contribution in [0.1, 0.15) is 53.8 Å². The van der Waals surface area contributed by atoms with Gasteiger partial charge in [-0.15, -0.1) is 0 Å². The van der Waals surface area contributed by atoms with E-state index in [0.29, 0.717) is 17.1 Å². The number of amides is 1. The molecule has 5 nitrogen and oxygen atoms in total. The number of carbonyl (C=O) groups is 2. The lowest BCUT2D eigenvalue weighted by Crippen LogP contribution is -2.33. The second-order valence-corrected chi connectivity index (χ2v) is 10.4. The molecule has 0 aliphatic heterocycles. The molecule has 5 rings (SSSR count). The molecule has 0 spiro atoms. The minimum Gasteiger partial charge on any atom is -0.327 e. The van der Waals surface area contributed by atoms with Gasteiger partial charge in [-0.1, -0.05) is 61.2 Å². The maximum Gasteiger partial charge on any atom is 0.229 e. The van der Waals surface area contributed by atoms with Crippen molar-refractivity contribution in [2.45, 2.75) is 51.5 Å². The monoisotopic (exact) mass is 513 g/mol. The van der Waals surface area contributed by atoms with Gasteiger partial charge in [-0.3, -0.25) is 9.59 Å². The van der Waals surface area contributed by atoms with E-state index in [4.69, 9.17) is 16.6 Å². The lowest BCUT2D eigenvalue weighted by atomic mass is 9.88. The van der Waals surface area contributed by atoms with Crippen LogP contribution in [0.2, 0.25) is 5.02 Å². The molecule has 1 aromatic heterocycles. The largest absolute Gasteiger partial charge is 0.327 e. The zero-order valence-electron chi connectivity index (χ0n) is 21.2. The highest BCUT2D eigenvalue weighted by Crippen LogP contribution is 2.29. The molecule has 37 heavy (non-hydrogen) atoms. The van der Waals surface area contributed by atoms with Gasteiger partial charge in [0.15, 0.2) is 5.78 Å². The number of fused-ring (bicyclic) bond motifs is 1. The Kier molecular flexibility index (Phi) is 7.71. The van der Waals surface area contributed by atoms with Gasteiger partial charge in [0.2, 0.25) is 5.91 Å². The molecule has 1 heterocycles.